The zero-order chi connectivity index (χ0) is 19.6. The van der Waals surface area contributed by atoms with E-state index >= 15 is 0 Å². The molecule has 1 atom stereocenters. The minimum atomic E-state index is -1.27. The SMILES string of the molecule is CC(C)c1ccc(C(O)(c2ccc(C(C)C)cc2)C(C)n2ncnn2)cc1. The Kier molecular flexibility index (Phi) is 5.42. The molecule has 5 heteroatoms. The molecule has 1 heterocycles. The van der Waals surface area contributed by atoms with E-state index in [0.717, 1.165) is 11.1 Å². The molecule has 1 unspecified atom stereocenters. The first-order valence-corrected chi connectivity index (χ1v) is 9.49. The van der Waals surface area contributed by atoms with E-state index in [0.29, 0.717) is 11.8 Å². The second-order valence-corrected chi connectivity index (χ2v) is 7.75. The van der Waals surface area contributed by atoms with E-state index < -0.39 is 11.6 Å². The van der Waals surface area contributed by atoms with Crippen molar-refractivity contribution in [3.05, 3.63) is 77.1 Å². The molecule has 0 amide bonds. The van der Waals surface area contributed by atoms with E-state index in [1.54, 1.807) is 0 Å². The monoisotopic (exact) mass is 364 g/mol. The Balaban J connectivity index is 2.11. The summed E-state index contributed by atoms with van der Waals surface area (Å²) >= 11 is 0. The topological polar surface area (TPSA) is 63.8 Å². The average Bonchev–Trinajstić information content (AvgIpc) is 3.21. The van der Waals surface area contributed by atoms with Gasteiger partial charge in [0.05, 0.1) is 0 Å². The van der Waals surface area contributed by atoms with Gasteiger partial charge in [-0.2, -0.15) is 4.80 Å². The number of hydrogen-bond acceptors (Lipinski definition) is 4. The van der Waals surface area contributed by atoms with E-state index in [9.17, 15) is 5.11 Å². The Morgan fingerprint density at radius 2 is 1.22 bits per heavy atom. The van der Waals surface area contributed by atoms with Gasteiger partial charge in [-0.1, -0.05) is 76.2 Å². The third-order valence-electron chi connectivity index (χ3n) is 5.35. The first-order chi connectivity index (χ1) is 12.8. The molecule has 0 aliphatic heterocycles. The lowest BCUT2D eigenvalue weighted by Crippen LogP contribution is -2.37. The molecule has 3 rings (SSSR count). The molecule has 0 spiro atoms. The van der Waals surface area contributed by atoms with Gasteiger partial charge in [0, 0.05) is 0 Å². The standard InChI is InChI=1S/C22H28N4O/c1-15(2)18-6-10-20(11-7-18)22(27,17(5)26-24-14-23-25-26)21-12-8-19(9-13-21)16(3)4/h6-17,27H,1-5H3. The van der Waals surface area contributed by atoms with Crippen LogP contribution in [0.3, 0.4) is 0 Å². The van der Waals surface area contributed by atoms with Gasteiger partial charge < -0.3 is 5.11 Å². The smallest absolute Gasteiger partial charge is 0.162 e. The molecule has 5 nitrogen and oxygen atoms in total. The Morgan fingerprint density at radius 1 is 0.778 bits per heavy atom. The van der Waals surface area contributed by atoms with Gasteiger partial charge in [0.25, 0.3) is 0 Å². The fraction of sp³-hybridized carbons (Fsp3) is 0.409. The molecule has 142 valence electrons. The van der Waals surface area contributed by atoms with E-state index in [1.165, 1.54) is 22.3 Å². The maximum atomic E-state index is 11.9. The van der Waals surface area contributed by atoms with Crippen LogP contribution in [-0.2, 0) is 5.60 Å². The van der Waals surface area contributed by atoms with E-state index in [-0.39, 0.29) is 0 Å². The minimum absolute atomic E-state index is 0.421. The van der Waals surface area contributed by atoms with Crippen molar-refractivity contribution in [3.63, 3.8) is 0 Å². The van der Waals surface area contributed by atoms with Crippen LogP contribution >= 0.6 is 0 Å². The summed E-state index contributed by atoms with van der Waals surface area (Å²) in [6.07, 6.45) is 1.39. The lowest BCUT2D eigenvalue weighted by Gasteiger charge is -2.34. The zero-order valence-electron chi connectivity index (χ0n) is 16.7. The Morgan fingerprint density at radius 3 is 1.56 bits per heavy atom. The lowest BCUT2D eigenvalue weighted by atomic mass is 9.80. The van der Waals surface area contributed by atoms with Gasteiger partial charge in [-0.05, 0) is 46.2 Å². The maximum absolute atomic E-state index is 11.9. The molecule has 0 radical (unpaired) electrons. The van der Waals surface area contributed by atoms with Gasteiger partial charge in [0.1, 0.15) is 11.6 Å². The van der Waals surface area contributed by atoms with Crippen molar-refractivity contribution in [2.24, 2.45) is 0 Å². The van der Waals surface area contributed by atoms with E-state index in [1.807, 2.05) is 31.2 Å². The van der Waals surface area contributed by atoms with Crippen LogP contribution in [0.15, 0.2) is 54.9 Å². The summed E-state index contributed by atoms with van der Waals surface area (Å²) in [6.45, 7) is 10.6. The largest absolute Gasteiger partial charge is 0.378 e. The average molecular weight is 364 g/mol. The Labute approximate surface area is 161 Å². The molecule has 0 saturated heterocycles. The lowest BCUT2D eigenvalue weighted by molar-refractivity contribution is 0.0183. The number of tetrazole rings is 1. The first-order valence-electron chi connectivity index (χ1n) is 9.49. The number of rotatable bonds is 6. The fourth-order valence-electron chi connectivity index (χ4n) is 3.41. The summed E-state index contributed by atoms with van der Waals surface area (Å²) in [6, 6.07) is 15.9. The van der Waals surface area contributed by atoms with Gasteiger partial charge in [-0.15, -0.1) is 10.2 Å². The maximum Gasteiger partial charge on any atom is 0.162 e. The second-order valence-electron chi connectivity index (χ2n) is 7.75. The normalized spacial score (nSPS) is 13.3. The Bertz CT molecular complexity index is 801. The van der Waals surface area contributed by atoms with Crippen molar-refractivity contribution < 1.29 is 5.11 Å². The van der Waals surface area contributed by atoms with Crippen molar-refractivity contribution in [3.8, 4) is 0 Å². The van der Waals surface area contributed by atoms with Gasteiger partial charge in [0.2, 0.25) is 0 Å². The molecule has 0 aliphatic carbocycles. The highest BCUT2D eigenvalue weighted by molar-refractivity contribution is 5.40. The first kappa shape index (κ1) is 19.2. The van der Waals surface area contributed by atoms with Gasteiger partial charge >= 0.3 is 0 Å². The summed E-state index contributed by atoms with van der Waals surface area (Å²) < 4.78 is 0. The predicted octanol–water partition coefficient (Wildman–Crippen LogP) is 4.42. The summed E-state index contributed by atoms with van der Waals surface area (Å²) in [5, 5.41) is 23.9. The fourth-order valence-corrected chi connectivity index (χ4v) is 3.41. The summed E-state index contributed by atoms with van der Waals surface area (Å²) in [7, 11) is 0. The van der Waals surface area contributed by atoms with Crippen LogP contribution in [0.1, 0.15) is 74.8 Å². The molecule has 1 aromatic heterocycles. The summed E-state index contributed by atoms with van der Waals surface area (Å²) in [4.78, 5) is 1.46. The molecular formula is C22H28N4O. The third-order valence-corrected chi connectivity index (χ3v) is 5.35. The van der Waals surface area contributed by atoms with Crippen LogP contribution in [0.25, 0.3) is 0 Å². The molecule has 0 saturated carbocycles. The molecule has 0 aliphatic rings. The molecular weight excluding hydrogens is 336 g/mol. The van der Waals surface area contributed by atoms with E-state index in [4.69, 9.17) is 0 Å². The summed E-state index contributed by atoms with van der Waals surface area (Å²) in [5.74, 6) is 0.874. The number of benzene rings is 2. The Hall–Kier alpha value is -2.53. The van der Waals surface area contributed by atoms with Crippen LogP contribution in [-0.4, -0.2) is 25.3 Å². The highest BCUT2D eigenvalue weighted by Gasteiger charge is 2.40. The summed E-state index contributed by atoms with van der Waals surface area (Å²) in [5.41, 5.74) is 2.83. The van der Waals surface area contributed by atoms with Crippen LogP contribution < -0.4 is 0 Å². The van der Waals surface area contributed by atoms with Crippen LogP contribution in [0.2, 0.25) is 0 Å². The molecule has 0 bridgehead atoms. The zero-order valence-corrected chi connectivity index (χ0v) is 16.7. The number of hydrogen-bond donors (Lipinski definition) is 1. The number of nitrogens with zero attached hydrogens (tertiary/aromatic N) is 4. The van der Waals surface area contributed by atoms with Gasteiger partial charge in [-0.3, -0.25) is 0 Å². The highest BCUT2D eigenvalue weighted by Crippen LogP contribution is 2.39. The predicted molar refractivity (Wildman–Crippen MR) is 107 cm³/mol. The molecule has 27 heavy (non-hydrogen) atoms. The van der Waals surface area contributed by atoms with Crippen molar-refractivity contribution in [2.45, 2.75) is 58.1 Å². The van der Waals surface area contributed by atoms with Crippen LogP contribution in [0, 0.1) is 0 Å². The number of aromatic nitrogens is 4. The second kappa shape index (κ2) is 7.61. The molecule has 1 N–H and O–H groups in total. The molecule has 3 aromatic rings. The minimum Gasteiger partial charge on any atom is -0.378 e. The number of aliphatic hydroxyl groups is 1. The van der Waals surface area contributed by atoms with Gasteiger partial charge in [-0.25, -0.2) is 0 Å². The van der Waals surface area contributed by atoms with Crippen molar-refractivity contribution >= 4 is 0 Å². The van der Waals surface area contributed by atoms with Crippen molar-refractivity contribution in [1.29, 1.82) is 0 Å². The highest BCUT2D eigenvalue weighted by atomic mass is 16.3. The molecule has 0 fully saturated rings. The van der Waals surface area contributed by atoms with Crippen molar-refractivity contribution in [1.82, 2.24) is 20.2 Å². The third kappa shape index (κ3) is 3.65. The molecule has 2 aromatic carbocycles. The van der Waals surface area contributed by atoms with E-state index in [2.05, 4.69) is 67.4 Å². The van der Waals surface area contributed by atoms with Crippen LogP contribution in [0.4, 0.5) is 0 Å². The quantitative estimate of drug-likeness (QED) is 0.703. The van der Waals surface area contributed by atoms with Crippen LogP contribution in [0.5, 0.6) is 0 Å². The van der Waals surface area contributed by atoms with Crippen molar-refractivity contribution in [2.75, 3.05) is 0 Å². The van der Waals surface area contributed by atoms with Gasteiger partial charge in [0.15, 0.2) is 6.33 Å².